The van der Waals surface area contributed by atoms with Crippen molar-refractivity contribution in [1.82, 2.24) is 15.1 Å². The van der Waals surface area contributed by atoms with Gasteiger partial charge >= 0.3 is 0 Å². The highest BCUT2D eigenvalue weighted by molar-refractivity contribution is 5.80. The van der Waals surface area contributed by atoms with Gasteiger partial charge in [-0.15, -0.1) is 0 Å². The Labute approximate surface area is 125 Å². The van der Waals surface area contributed by atoms with E-state index in [-0.39, 0.29) is 0 Å². The predicted molar refractivity (Wildman–Crippen MR) is 88.3 cm³/mol. The Morgan fingerprint density at radius 1 is 1.35 bits per heavy atom. The van der Waals surface area contributed by atoms with Crippen LogP contribution in [0.2, 0.25) is 0 Å². The molecule has 0 amide bonds. The average Bonchev–Trinajstić information content (AvgIpc) is 2.44. The molecule has 118 valence electrons. The van der Waals surface area contributed by atoms with Crippen LogP contribution in [0.1, 0.15) is 47.5 Å². The second-order valence-electron chi connectivity index (χ2n) is 5.96. The zero-order valence-electron chi connectivity index (χ0n) is 14.2. The third-order valence-corrected chi connectivity index (χ3v) is 4.23. The fraction of sp³-hybridized carbons (Fsp3) is 0.938. The molecule has 0 aromatic carbocycles. The molecule has 0 saturated carbocycles. The van der Waals surface area contributed by atoms with E-state index in [9.17, 15) is 0 Å². The molecule has 0 aromatic heterocycles. The van der Waals surface area contributed by atoms with Crippen molar-refractivity contribution in [1.29, 1.82) is 0 Å². The minimum atomic E-state index is 0.515. The van der Waals surface area contributed by atoms with E-state index in [0.29, 0.717) is 6.04 Å². The van der Waals surface area contributed by atoms with Crippen LogP contribution in [0, 0.1) is 5.92 Å². The smallest absolute Gasteiger partial charge is 0.193 e. The van der Waals surface area contributed by atoms with Crippen LogP contribution in [0.4, 0.5) is 0 Å². The van der Waals surface area contributed by atoms with E-state index in [2.05, 4.69) is 49.7 Å². The minimum Gasteiger partial charge on any atom is -0.357 e. The standard InChI is InChI=1S/C16H34N4/c1-6-17-16(20-11-9-10-14(4)13-20)18-12-15(5)19(7-2)8-3/h14-15H,6-13H2,1-5H3,(H,17,18). The van der Waals surface area contributed by atoms with Gasteiger partial charge in [0.2, 0.25) is 0 Å². The molecule has 0 bridgehead atoms. The number of rotatable bonds is 6. The number of nitrogens with one attached hydrogen (secondary N) is 1. The second kappa shape index (κ2) is 9.22. The minimum absolute atomic E-state index is 0.515. The van der Waals surface area contributed by atoms with Crippen molar-refractivity contribution in [3.8, 4) is 0 Å². The van der Waals surface area contributed by atoms with E-state index in [0.717, 1.165) is 51.1 Å². The van der Waals surface area contributed by atoms with E-state index >= 15 is 0 Å². The van der Waals surface area contributed by atoms with E-state index in [1.165, 1.54) is 12.8 Å². The number of likely N-dealkylation sites (tertiary alicyclic amines) is 1. The van der Waals surface area contributed by atoms with Crippen LogP contribution in [0.25, 0.3) is 0 Å². The lowest BCUT2D eigenvalue weighted by Gasteiger charge is -2.34. The average molecular weight is 282 g/mol. The molecular weight excluding hydrogens is 248 g/mol. The zero-order valence-corrected chi connectivity index (χ0v) is 14.2. The number of nitrogens with zero attached hydrogens (tertiary/aromatic N) is 3. The van der Waals surface area contributed by atoms with Gasteiger partial charge in [-0.25, -0.2) is 0 Å². The molecule has 1 heterocycles. The molecule has 20 heavy (non-hydrogen) atoms. The van der Waals surface area contributed by atoms with Crippen LogP contribution in [-0.4, -0.2) is 61.1 Å². The molecule has 0 aromatic rings. The fourth-order valence-electron chi connectivity index (χ4n) is 2.99. The van der Waals surface area contributed by atoms with Crippen LogP contribution < -0.4 is 5.32 Å². The van der Waals surface area contributed by atoms with Gasteiger partial charge in [0, 0.05) is 25.7 Å². The Balaban J connectivity index is 2.62. The first-order valence-corrected chi connectivity index (χ1v) is 8.39. The van der Waals surface area contributed by atoms with Gasteiger partial charge in [-0.3, -0.25) is 9.89 Å². The van der Waals surface area contributed by atoms with Gasteiger partial charge < -0.3 is 10.2 Å². The number of piperidine rings is 1. The molecule has 2 unspecified atom stereocenters. The summed E-state index contributed by atoms with van der Waals surface area (Å²) in [5.74, 6) is 1.89. The first-order valence-electron chi connectivity index (χ1n) is 8.39. The lowest BCUT2D eigenvalue weighted by molar-refractivity contribution is 0.234. The molecule has 1 rings (SSSR count). The quantitative estimate of drug-likeness (QED) is 0.599. The Bertz CT molecular complexity index is 286. The van der Waals surface area contributed by atoms with Crippen molar-refractivity contribution in [2.24, 2.45) is 10.9 Å². The van der Waals surface area contributed by atoms with Crippen molar-refractivity contribution in [2.75, 3.05) is 39.3 Å². The number of hydrogen-bond donors (Lipinski definition) is 1. The molecular formula is C16H34N4. The van der Waals surface area contributed by atoms with Crippen molar-refractivity contribution >= 4 is 5.96 Å². The van der Waals surface area contributed by atoms with Crippen molar-refractivity contribution in [3.05, 3.63) is 0 Å². The monoisotopic (exact) mass is 282 g/mol. The number of aliphatic imine (C=N–C) groups is 1. The van der Waals surface area contributed by atoms with Crippen LogP contribution in [0.5, 0.6) is 0 Å². The third-order valence-electron chi connectivity index (χ3n) is 4.23. The highest BCUT2D eigenvalue weighted by atomic mass is 15.3. The molecule has 4 heteroatoms. The molecule has 1 aliphatic rings. The Morgan fingerprint density at radius 2 is 2.05 bits per heavy atom. The fourth-order valence-corrected chi connectivity index (χ4v) is 2.99. The topological polar surface area (TPSA) is 30.9 Å². The summed E-state index contributed by atoms with van der Waals surface area (Å²) < 4.78 is 0. The normalized spacial score (nSPS) is 22.2. The summed E-state index contributed by atoms with van der Waals surface area (Å²) in [5.41, 5.74) is 0. The van der Waals surface area contributed by atoms with Crippen molar-refractivity contribution < 1.29 is 0 Å². The van der Waals surface area contributed by atoms with Crippen LogP contribution >= 0.6 is 0 Å². The number of guanidine groups is 1. The summed E-state index contributed by atoms with van der Waals surface area (Å²) in [6, 6.07) is 0.515. The second-order valence-corrected chi connectivity index (χ2v) is 5.96. The zero-order chi connectivity index (χ0) is 15.0. The molecule has 0 aliphatic carbocycles. The summed E-state index contributed by atoms with van der Waals surface area (Å²) in [6.07, 6.45) is 2.64. The van der Waals surface area contributed by atoms with Crippen LogP contribution in [0.15, 0.2) is 4.99 Å². The molecule has 1 aliphatic heterocycles. The summed E-state index contributed by atoms with van der Waals surface area (Å²) in [4.78, 5) is 9.78. The lowest BCUT2D eigenvalue weighted by atomic mass is 10.0. The van der Waals surface area contributed by atoms with E-state index < -0.39 is 0 Å². The third kappa shape index (κ3) is 5.31. The SMILES string of the molecule is CCNC(=NCC(C)N(CC)CC)N1CCCC(C)C1. The van der Waals surface area contributed by atoms with Gasteiger partial charge in [-0.1, -0.05) is 20.8 Å². The van der Waals surface area contributed by atoms with Crippen LogP contribution in [0.3, 0.4) is 0 Å². The maximum absolute atomic E-state index is 4.88. The van der Waals surface area contributed by atoms with E-state index in [4.69, 9.17) is 4.99 Å². The lowest BCUT2D eigenvalue weighted by Crippen LogP contribution is -2.47. The summed E-state index contributed by atoms with van der Waals surface area (Å²) in [5, 5.41) is 3.46. The Morgan fingerprint density at radius 3 is 2.60 bits per heavy atom. The van der Waals surface area contributed by atoms with Crippen molar-refractivity contribution in [3.63, 3.8) is 0 Å². The van der Waals surface area contributed by atoms with Crippen LogP contribution in [-0.2, 0) is 0 Å². The Kier molecular flexibility index (Phi) is 7.97. The maximum atomic E-state index is 4.88. The highest BCUT2D eigenvalue weighted by Gasteiger charge is 2.19. The molecule has 1 N–H and O–H groups in total. The largest absolute Gasteiger partial charge is 0.357 e. The molecule has 1 fully saturated rings. The molecule has 0 radical (unpaired) electrons. The first kappa shape index (κ1) is 17.3. The molecule has 4 nitrogen and oxygen atoms in total. The molecule has 2 atom stereocenters. The van der Waals surface area contributed by atoms with E-state index in [1.54, 1.807) is 0 Å². The first-order chi connectivity index (χ1) is 9.62. The van der Waals surface area contributed by atoms with Gasteiger partial charge in [-0.2, -0.15) is 0 Å². The van der Waals surface area contributed by atoms with Gasteiger partial charge in [0.15, 0.2) is 5.96 Å². The predicted octanol–water partition coefficient (Wildman–Crippen LogP) is 2.41. The van der Waals surface area contributed by atoms with Gasteiger partial charge in [0.25, 0.3) is 0 Å². The molecule has 0 spiro atoms. The Hall–Kier alpha value is -0.770. The highest BCUT2D eigenvalue weighted by Crippen LogP contribution is 2.15. The molecule has 1 saturated heterocycles. The van der Waals surface area contributed by atoms with Crippen molar-refractivity contribution in [2.45, 2.75) is 53.5 Å². The van der Waals surface area contributed by atoms with Gasteiger partial charge in [0.05, 0.1) is 6.54 Å². The van der Waals surface area contributed by atoms with E-state index in [1.807, 2.05) is 0 Å². The van der Waals surface area contributed by atoms with Gasteiger partial charge in [-0.05, 0) is 45.7 Å². The number of hydrogen-bond acceptors (Lipinski definition) is 2. The van der Waals surface area contributed by atoms with Gasteiger partial charge in [0.1, 0.15) is 0 Å². The summed E-state index contributed by atoms with van der Waals surface area (Å²) in [7, 11) is 0. The number of likely N-dealkylation sites (N-methyl/N-ethyl adjacent to an activating group) is 1. The summed E-state index contributed by atoms with van der Waals surface area (Å²) >= 11 is 0. The summed E-state index contributed by atoms with van der Waals surface area (Å²) in [6.45, 7) is 17.5. The maximum Gasteiger partial charge on any atom is 0.193 e.